The van der Waals surface area contributed by atoms with Gasteiger partial charge in [0.25, 0.3) is 0 Å². The van der Waals surface area contributed by atoms with Crippen LogP contribution in [0.3, 0.4) is 0 Å². The molecule has 12 heavy (non-hydrogen) atoms. The second-order valence-electron chi connectivity index (χ2n) is 3.19. The topological polar surface area (TPSA) is 4.44 Å². The van der Waals surface area contributed by atoms with E-state index >= 15 is 0 Å². The van der Waals surface area contributed by atoms with Crippen LogP contribution in [0.15, 0.2) is 24.0 Å². The maximum atomic E-state index is 2.25. The molecule has 0 aromatic heterocycles. The molecule has 0 bridgehead atoms. The number of rotatable bonds is 4. The molecule has 0 saturated carbocycles. The van der Waals surface area contributed by atoms with Crippen LogP contribution in [-0.2, 0) is 0 Å². The molecule has 0 radical (unpaired) electrons. The largest absolute Gasteiger partial charge is 1.00 e. The highest BCUT2D eigenvalue weighted by atomic mass is 19.0. The van der Waals surface area contributed by atoms with Crippen molar-refractivity contribution in [3.8, 4) is 0 Å². The number of nitrogens with one attached hydrogen (secondary N) is 1. The fourth-order valence-corrected chi connectivity index (χ4v) is 1.39. The summed E-state index contributed by atoms with van der Waals surface area (Å²) in [6.45, 7) is 5.71. The molecule has 0 aliphatic carbocycles. The van der Waals surface area contributed by atoms with Gasteiger partial charge in [0.2, 0.25) is 0 Å². The Morgan fingerprint density at radius 2 is 2.08 bits per heavy atom. The van der Waals surface area contributed by atoms with Crippen LogP contribution in [0.25, 0.3) is 0 Å². The summed E-state index contributed by atoms with van der Waals surface area (Å²) < 4.78 is 0. The molecule has 1 aliphatic rings. The highest BCUT2D eigenvalue weighted by molar-refractivity contribution is 5.08. The summed E-state index contributed by atoms with van der Waals surface area (Å²) in [4.78, 5) is 1.54. The summed E-state index contributed by atoms with van der Waals surface area (Å²) in [6, 6.07) is 0. The van der Waals surface area contributed by atoms with Crippen LogP contribution in [-0.4, -0.2) is 6.54 Å². The summed E-state index contributed by atoms with van der Waals surface area (Å²) in [6.07, 6.45) is 10.6. The van der Waals surface area contributed by atoms with Gasteiger partial charge in [-0.1, -0.05) is 13.3 Å². The van der Waals surface area contributed by atoms with E-state index in [2.05, 4.69) is 32.2 Å². The molecule has 0 fully saturated rings. The van der Waals surface area contributed by atoms with Gasteiger partial charge in [-0.05, 0) is 25.0 Å². The number of hydrogen-bond acceptors (Lipinski definition) is 0. The van der Waals surface area contributed by atoms with E-state index in [1.807, 2.05) is 0 Å². The zero-order valence-corrected chi connectivity index (χ0v) is 7.94. The normalized spacial score (nSPS) is 20.5. The highest BCUT2D eigenvalue weighted by Gasteiger charge is 2.09. The lowest BCUT2D eigenvalue weighted by molar-refractivity contribution is -0.802. The average Bonchev–Trinajstić information content (AvgIpc) is 2.37. The van der Waals surface area contributed by atoms with Gasteiger partial charge in [0.15, 0.2) is 0 Å². The fraction of sp³-hybridized carbons (Fsp3) is 0.600. The predicted octanol–water partition coefficient (Wildman–Crippen LogP) is -1.50. The van der Waals surface area contributed by atoms with Gasteiger partial charge in [-0.25, -0.2) is 0 Å². The first-order valence-corrected chi connectivity index (χ1v) is 4.55. The Morgan fingerprint density at radius 1 is 1.33 bits per heavy atom. The van der Waals surface area contributed by atoms with Crippen molar-refractivity contribution in [2.45, 2.75) is 33.1 Å². The minimum Gasteiger partial charge on any atom is -1.00 e. The van der Waals surface area contributed by atoms with Gasteiger partial charge in [-0.3, -0.25) is 4.90 Å². The van der Waals surface area contributed by atoms with Crippen LogP contribution in [0.2, 0.25) is 0 Å². The third-order valence-corrected chi connectivity index (χ3v) is 2.20. The molecule has 0 saturated heterocycles. The lowest BCUT2D eigenvalue weighted by atomic mass is 10.2. The number of quaternary nitrogens is 1. The van der Waals surface area contributed by atoms with E-state index in [-0.39, 0.29) is 4.70 Å². The molecule has 1 atom stereocenters. The Hall–Kier alpha value is -0.630. The summed E-state index contributed by atoms with van der Waals surface area (Å²) in [5.74, 6) is 0. The molecule has 2 heteroatoms. The van der Waals surface area contributed by atoms with E-state index in [9.17, 15) is 0 Å². The average molecular weight is 171 g/mol. The van der Waals surface area contributed by atoms with Gasteiger partial charge in [-0.2, -0.15) is 0 Å². The Morgan fingerprint density at radius 3 is 2.58 bits per heavy atom. The fourth-order valence-electron chi connectivity index (χ4n) is 1.39. The van der Waals surface area contributed by atoms with Crippen LogP contribution in [0.4, 0.5) is 0 Å². The highest BCUT2D eigenvalue weighted by Crippen LogP contribution is 1.93. The van der Waals surface area contributed by atoms with E-state index in [4.69, 9.17) is 0 Å². The first kappa shape index (κ1) is 11.4. The monoisotopic (exact) mass is 171 g/mol. The molecule has 1 nitrogen and oxygen atoms in total. The number of hydrogen-bond donors (Lipinski definition) is 1. The van der Waals surface area contributed by atoms with Crippen molar-refractivity contribution < 1.29 is 9.60 Å². The number of allylic oxidation sites excluding steroid dienone is 3. The standard InChI is InChI=1S/C10H17N.FH/c1-3-4-5-8-11-9-6-7-10(11)2;/h6-7,9H,3-5,8H2,1-2H3;1H. The van der Waals surface area contributed by atoms with Crippen LogP contribution in [0.1, 0.15) is 33.1 Å². The van der Waals surface area contributed by atoms with Crippen molar-refractivity contribution in [3.63, 3.8) is 0 Å². The van der Waals surface area contributed by atoms with Crippen molar-refractivity contribution in [2.75, 3.05) is 6.54 Å². The van der Waals surface area contributed by atoms with Crippen molar-refractivity contribution in [2.24, 2.45) is 0 Å². The molecular formula is C10H18FN. The molecule has 0 amide bonds. The van der Waals surface area contributed by atoms with Gasteiger partial charge >= 0.3 is 0 Å². The summed E-state index contributed by atoms with van der Waals surface area (Å²) in [7, 11) is 0. The Kier molecular flexibility index (Phi) is 5.64. The summed E-state index contributed by atoms with van der Waals surface area (Å²) in [5, 5.41) is 0. The van der Waals surface area contributed by atoms with E-state index < -0.39 is 0 Å². The van der Waals surface area contributed by atoms with Gasteiger partial charge in [0.1, 0.15) is 5.70 Å². The maximum Gasteiger partial charge on any atom is 0.109 e. The predicted molar refractivity (Wildman–Crippen MR) is 48.3 cm³/mol. The van der Waals surface area contributed by atoms with E-state index in [1.165, 1.54) is 31.5 Å². The molecule has 1 aliphatic heterocycles. The van der Waals surface area contributed by atoms with E-state index in [0.717, 1.165) is 0 Å². The van der Waals surface area contributed by atoms with Gasteiger partial charge in [-0.15, -0.1) is 0 Å². The quantitative estimate of drug-likeness (QED) is 0.491. The lowest BCUT2D eigenvalue weighted by Gasteiger charge is -2.10. The molecular weight excluding hydrogens is 153 g/mol. The first-order valence-electron chi connectivity index (χ1n) is 4.55. The summed E-state index contributed by atoms with van der Waals surface area (Å²) >= 11 is 0. The third-order valence-electron chi connectivity index (χ3n) is 2.20. The Labute approximate surface area is 74.1 Å². The molecule has 0 aromatic carbocycles. The molecule has 70 valence electrons. The molecule has 1 unspecified atom stereocenters. The van der Waals surface area contributed by atoms with Gasteiger partial charge in [0.05, 0.1) is 12.7 Å². The molecule has 1 rings (SSSR count). The van der Waals surface area contributed by atoms with Crippen molar-refractivity contribution in [1.29, 1.82) is 0 Å². The van der Waals surface area contributed by atoms with Crippen LogP contribution in [0, 0.1) is 0 Å². The van der Waals surface area contributed by atoms with E-state index in [0.29, 0.717) is 0 Å². The maximum absolute atomic E-state index is 2.25. The zero-order chi connectivity index (χ0) is 8.10. The van der Waals surface area contributed by atoms with Crippen molar-refractivity contribution in [3.05, 3.63) is 24.0 Å². The lowest BCUT2D eigenvalue weighted by Crippen LogP contribution is -3.04. The molecule has 1 N–H and O–H groups in total. The summed E-state index contributed by atoms with van der Waals surface area (Å²) in [5.41, 5.74) is 1.46. The molecule has 0 spiro atoms. The number of halogens is 1. The Bertz CT molecular complexity index is 173. The number of unbranched alkanes of at least 4 members (excludes halogenated alkanes) is 2. The first-order chi connectivity index (χ1) is 5.34. The smallest absolute Gasteiger partial charge is 0.109 e. The zero-order valence-electron chi connectivity index (χ0n) is 7.94. The molecule has 0 aromatic rings. The third kappa shape index (κ3) is 3.18. The SMILES string of the molecule is CCCCC[NH+]1C=CC=C1C.[F-]. The minimum absolute atomic E-state index is 0. The van der Waals surface area contributed by atoms with Gasteiger partial charge < -0.3 is 4.70 Å². The Balaban J connectivity index is 0.00000121. The van der Waals surface area contributed by atoms with Crippen molar-refractivity contribution >= 4 is 0 Å². The minimum atomic E-state index is 0. The second kappa shape index (κ2) is 5.95. The van der Waals surface area contributed by atoms with Gasteiger partial charge in [0, 0.05) is 6.92 Å². The van der Waals surface area contributed by atoms with Crippen LogP contribution in [0.5, 0.6) is 0 Å². The van der Waals surface area contributed by atoms with Crippen LogP contribution >= 0.6 is 0 Å². The van der Waals surface area contributed by atoms with E-state index in [1.54, 1.807) is 4.90 Å². The molecule has 1 heterocycles. The van der Waals surface area contributed by atoms with Crippen molar-refractivity contribution in [1.82, 2.24) is 0 Å². The second-order valence-corrected chi connectivity index (χ2v) is 3.19. The van der Waals surface area contributed by atoms with Crippen LogP contribution < -0.4 is 9.60 Å².